The average molecular weight is 849 g/mol. The van der Waals surface area contributed by atoms with Gasteiger partial charge in [0.1, 0.15) is 17.1 Å². The highest BCUT2D eigenvalue weighted by Crippen LogP contribution is 2.42. The van der Waals surface area contributed by atoms with Gasteiger partial charge in [-0.25, -0.2) is 9.97 Å². The van der Waals surface area contributed by atoms with Crippen LogP contribution in [0.3, 0.4) is 0 Å². The lowest BCUT2D eigenvalue weighted by atomic mass is 9.79. The number of pyridine rings is 1. The molecule has 3 atom stereocenters. The highest BCUT2D eigenvalue weighted by Gasteiger charge is 2.43. The third kappa shape index (κ3) is 7.47. The van der Waals surface area contributed by atoms with Gasteiger partial charge in [-0.15, -0.1) is 0 Å². The molecule has 9 rings (SSSR count). The number of carbonyl (C=O) groups excluding carboxylic acids is 4. The number of nitrogens with zero attached hydrogens (tertiary/aromatic N) is 7. The monoisotopic (exact) mass is 847 g/mol. The van der Waals surface area contributed by atoms with Gasteiger partial charge in [0.25, 0.3) is 5.91 Å². The van der Waals surface area contributed by atoms with E-state index < -0.39 is 0 Å². The number of imide groups is 1. The fourth-order valence-electron chi connectivity index (χ4n) is 9.34. The molecule has 2 N–H and O–H groups in total. The smallest absolute Gasteiger partial charge is 0.253 e. The van der Waals surface area contributed by atoms with Crippen LogP contribution in [0.15, 0.2) is 65.4 Å². The van der Waals surface area contributed by atoms with Crippen LogP contribution in [0.2, 0.25) is 0 Å². The van der Waals surface area contributed by atoms with Gasteiger partial charge in [-0.05, 0) is 103 Å². The highest BCUT2D eigenvalue weighted by atomic mass is 79.9. The van der Waals surface area contributed by atoms with Gasteiger partial charge in [0.15, 0.2) is 11.4 Å². The number of amides is 4. The molecule has 3 aromatic heterocycles. The van der Waals surface area contributed by atoms with Gasteiger partial charge in [-0.2, -0.15) is 5.10 Å². The van der Waals surface area contributed by atoms with Crippen molar-refractivity contribution in [2.75, 3.05) is 44.2 Å². The summed E-state index contributed by atoms with van der Waals surface area (Å²) in [7, 11) is 1.87. The number of fused-ring (bicyclic) bond motifs is 1. The van der Waals surface area contributed by atoms with E-state index in [-0.39, 0.29) is 40.9 Å². The predicted molar refractivity (Wildman–Crippen MR) is 220 cm³/mol. The van der Waals surface area contributed by atoms with E-state index in [0.717, 1.165) is 74.4 Å². The molecule has 4 aliphatic heterocycles. The number of rotatable bonds is 8. The summed E-state index contributed by atoms with van der Waals surface area (Å²) in [6, 6.07) is 15.3. The molecule has 4 amide bonds. The van der Waals surface area contributed by atoms with Gasteiger partial charge in [0.05, 0.1) is 21.6 Å². The van der Waals surface area contributed by atoms with Crippen molar-refractivity contribution in [3.63, 3.8) is 0 Å². The number of hydrogen-bond donors (Lipinski definition) is 2. The standard InChI is InChI=1S/C43H46BrN9O5/c1-26-33(23-50(2)49-26)39-47-37-38(34(44)21-45-40(37)48-39)58-31-10-6-29(7-11-31)42(57)51-18-14-27(22-51)20-36(55)53-17-3-15-43(25-53)16-19-52(24-43)30-8-4-28(5-9-30)32-12-13-35(54)46-41(32)56/h4-11,21,23,27,32H,3,12-20,22,24-25H2,1-2H3,(H,45,47,48)(H,46,54,56)/t27-,32+,43?/m1/s1. The van der Waals surface area contributed by atoms with Crippen molar-refractivity contribution in [3.8, 4) is 22.9 Å². The zero-order chi connectivity index (χ0) is 40.1. The lowest BCUT2D eigenvalue weighted by molar-refractivity contribution is -0.136. The molecule has 4 aliphatic rings. The maximum Gasteiger partial charge on any atom is 0.253 e. The minimum atomic E-state index is -0.290. The normalized spacial score (nSPS) is 22.3. The number of piperidine rings is 2. The number of nitrogens with one attached hydrogen (secondary N) is 2. The van der Waals surface area contributed by atoms with E-state index in [4.69, 9.17) is 4.74 Å². The summed E-state index contributed by atoms with van der Waals surface area (Å²) in [4.78, 5) is 70.1. The largest absolute Gasteiger partial charge is 0.454 e. The third-order valence-corrected chi connectivity index (χ3v) is 13.0. The van der Waals surface area contributed by atoms with Crippen LogP contribution in [0.4, 0.5) is 5.69 Å². The number of aromatic amines is 1. The Balaban J connectivity index is 0.780. The van der Waals surface area contributed by atoms with Crippen molar-refractivity contribution >= 4 is 56.4 Å². The topological polar surface area (TPSA) is 159 Å². The molecule has 15 heteroatoms. The van der Waals surface area contributed by atoms with Crippen molar-refractivity contribution in [1.82, 2.24) is 39.8 Å². The van der Waals surface area contributed by atoms with Gasteiger partial charge in [0.2, 0.25) is 17.7 Å². The van der Waals surface area contributed by atoms with Crippen molar-refractivity contribution in [1.29, 1.82) is 0 Å². The fourth-order valence-corrected chi connectivity index (χ4v) is 9.72. The number of likely N-dealkylation sites (tertiary alicyclic amines) is 2. The van der Waals surface area contributed by atoms with Crippen molar-refractivity contribution in [2.24, 2.45) is 18.4 Å². The number of ether oxygens (including phenoxy) is 1. The minimum absolute atomic E-state index is 0.0489. The Morgan fingerprint density at radius 2 is 1.79 bits per heavy atom. The number of anilines is 1. The lowest BCUT2D eigenvalue weighted by Gasteiger charge is -2.41. The Bertz CT molecular complexity index is 2410. The first kappa shape index (κ1) is 38.0. The summed E-state index contributed by atoms with van der Waals surface area (Å²) < 4.78 is 8.72. The molecule has 58 heavy (non-hydrogen) atoms. The van der Waals surface area contributed by atoms with E-state index in [1.54, 1.807) is 35.1 Å². The van der Waals surface area contributed by atoms with Crippen LogP contribution in [0, 0.1) is 18.3 Å². The third-order valence-electron chi connectivity index (χ3n) is 12.4. The first-order valence-corrected chi connectivity index (χ1v) is 20.9. The molecular formula is C43H46BrN9O5. The SMILES string of the molecule is Cc1nn(C)cc1-c1nc2ncc(Br)c(Oc3ccc(C(=O)N4CC[C@H](CC(=O)N5CCCC6(CCN(c7ccc([C@@H]8CCC(=O)NC8=O)cc7)C6)C5)C4)cc3)c2[nH]1. The van der Waals surface area contributed by atoms with E-state index in [0.29, 0.717) is 70.9 Å². The Kier molecular flexibility index (Phi) is 10.0. The van der Waals surface area contributed by atoms with E-state index in [1.807, 2.05) is 37.2 Å². The molecule has 7 heterocycles. The average Bonchev–Trinajstić information content (AvgIpc) is 4.03. The summed E-state index contributed by atoms with van der Waals surface area (Å²) in [6.07, 6.45) is 8.83. The Morgan fingerprint density at radius 3 is 2.55 bits per heavy atom. The van der Waals surface area contributed by atoms with Crippen LogP contribution in [-0.2, 0) is 21.4 Å². The quantitative estimate of drug-likeness (QED) is 0.176. The maximum absolute atomic E-state index is 13.7. The number of aryl methyl sites for hydroxylation is 2. The molecule has 1 spiro atoms. The van der Waals surface area contributed by atoms with Crippen molar-refractivity contribution in [2.45, 2.75) is 57.8 Å². The van der Waals surface area contributed by atoms with Crippen LogP contribution in [0.25, 0.3) is 22.6 Å². The van der Waals surface area contributed by atoms with Crippen LogP contribution < -0.4 is 15.0 Å². The molecule has 2 aromatic carbocycles. The van der Waals surface area contributed by atoms with Crippen LogP contribution in [0.5, 0.6) is 11.5 Å². The summed E-state index contributed by atoms with van der Waals surface area (Å²) in [5.74, 6) is 1.31. The molecule has 1 unspecified atom stereocenters. The fraction of sp³-hybridized carbons (Fsp3) is 0.419. The number of H-pyrrole nitrogens is 1. The summed E-state index contributed by atoms with van der Waals surface area (Å²) in [5.41, 5.74) is 5.58. The number of benzene rings is 2. The highest BCUT2D eigenvalue weighted by molar-refractivity contribution is 9.10. The summed E-state index contributed by atoms with van der Waals surface area (Å²) in [6.45, 7) is 6.47. The van der Waals surface area contributed by atoms with E-state index >= 15 is 0 Å². The van der Waals surface area contributed by atoms with Crippen LogP contribution in [-0.4, -0.2) is 97.4 Å². The molecule has 300 valence electrons. The van der Waals surface area contributed by atoms with E-state index in [1.165, 1.54) is 0 Å². The van der Waals surface area contributed by atoms with Gasteiger partial charge < -0.3 is 24.4 Å². The van der Waals surface area contributed by atoms with Gasteiger partial charge in [-0.3, -0.25) is 29.2 Å². The predicted octanol–water partition coefficient (Wildman–Crippen LogP) is 6.11. The number of imidazole rings is 1. The Morgan fingerprint density at radius 1 is 0.983 bits per heavy atom. The van der Waals surface area contributed by atoms with Gasteiger partial charge in [-0.1, -0.05) is 12.1 Å². The van der Waals surface area contributed by atoms with Crippen LogP contribution >= 0.6 is 15.9 Å². The lowest BCUT2D eigenvalue weighted by Crippen LogP contribution is -2.47. The minimum Gasteiger partial charge on any atom is -0.454 e. The molecule has 0 aliphatic carbocycles. The van der Waals surface area contributed by atoms with Crippen molar-refractivity contribution < 1.29 is 23.9 Å². The zero-order valence-corrected chi connectivity index (χ0v) is 34.3. The zero-order valence-electron chi connectivity index (χ0n) is 32.7. The first-order valence-electron chi connectivity index (χ1n) is 20.1. The number of carbonyl (C=O) groups is 4. The van der Waals surface area contributed by atoms with Gasteiger partial charge in [0, 0.05) is 88.2 Å². The second-order valence-electron chi connectivity index (χ2n) is 16.4. The second-order valence-corrected chi connectivity index (χ2v) is 17.3. The summed E-state index contributed by atoms with van der Waals surface area (Å²) >= 11 is 3.57. The number of hydrogen-bond acceptors (Lipinski definition) is 9. The Labute approximate surface area is 344 Å². The van der Waals surface area contributed by atoms with Gasteiger partial charge >= 0.3 is 0 Å². The van der Waals surface area contributed by atoms with Crippen molar-refractivity contribution in [3.05, 3.63) is 82.2 Å². The molecule has 0 radical (unpaired) electrons. The molecular weight excluding hydrogens is 802 g/mol. The number of aromatic nitrogens is 5. The molecule has 4 fully saturated rings. The van der Waals surface area contributed by atoms with Crippen LogP contribution in [0.1, 0.15) is 72.5 Å². The molecule has 0 saturated carbocycles. The molecule has 14 nitrogen and oxygen atoms in total. The summed E-state index contributed by atoms with van der Waals surface area (Å²) in [5, 5.41) is 6.88. The maximum atomic E-state index is 13.7. The van der Waals surface area contributed by atoms with E-state index in [9.17, 15) is 19.2 Å². The first-order chi connectivity index (χ1) is 28.0. The number of halogens is 1. The molecule has 0 bridgehead atoms. The second kappa shape index (κ2) is 15.3. The molecule has 4 saturated heterocycles. The van der Waals surface area contributed by atoms with E-state index in [2.05, 4.69) is 63.2 Å². The molecule has 5 aromatic rings. The Hall–Kier alpha value is -5.57.